The van der Waals surface area contributed by atoms with Gasteiger partial charge >= 0.3 is 0 Å². The highest BCUT2D eigenvalue weighted by molar-refractivity contribution is 5.40. The summed E-state index contributed by atoms with van der Waals surface area (Å²) in [5.74, 6) is 0.413. The summed E-state index contributed by atoms with van der Waals surface area (Å²) >= 11 is 0. The molecule has 0 spiro atoms. The van der Waals surface area contributed by atoms with Crippen molar-refractivity contribution < 1.29 is 5.11 Å². The molecule has 0 bridgehead atoms. The van der Waals surface area contributed by atoms with Gasteiger partial charge in [0.25, 0.3) is 0 Å². The number of aromatic hydroxyl groups is 1. The highest BCUT2D eigenvalue weighted by atomic mass is 16.3. The molecule has 80 valence electrons. The average Bonchev–Trinajstić information content (AvgIpc) is 2.82. The predicted octanol–water partition coefficient (Wildman–Crippen LogP) is 2.48. The molecule has 15 heavy (non-hydrogen) atoms. The molecular formula is C13H17NO. The van der Waals surface area contributed by atoms with Crippen molar-refractivity contribution in [3.8, 4) is 5.75 Å². The molecule has 0 aromatic heterocycles. The molecule has 2 heteroatoms. The number of fused-ring (bicyclic) bond motifs is 1. The lowest BCUT2D eigenvalue weighted by Crippen LogP contribution is -2.23. The summed E-state index contributed by atoms with van der Waals surface area (Å²) in [4.78, 5) is 2.60. The normalized spacial score (nSPS) is 25.7. The highest BCUT2D eigenvalue weighted by Crippen LogP contribution is 2.38. The maximum Gasteiger partial charge on any atom is 0.115 e. The summed E-state index contributed by atoms with van der Waals surface area (Å²) in [7, 11) is 0. The number of nitrogens with zero attached hydrogens (tertiary/aromatic N) is 1. The van der Waals surface area contributed by atoms with Gasteiger partial charge in [-0.1, -0.05) is 6.07 Å². The van der Waals surface area contributed by atoms with Crippen LogP contribution in [0.3, 0.4) is 0 Å². The first-order chi connectivity index (χ1) is 7.34. The minimum atomic E-state index is 0.413. The van der Waals surface area contributed by atoms with Gasteiger partial charge in [0.05, 0.1) is 0 Å². The number of rotatable bonds is 1. The van der Waals surface area contributed by atoms with E-state index in [0.717, 1.165) is 6.42 Å². The fourth-order valence-electron chi connectivity index (χ4n) is 3.01. The Morgan fingerprint density at radius 2 is 2.00 bits per heavy atom. The summed E-state index contributed by atoms with van der Waals surface area (Å²) in [5, 5.41) is 9.43. The second-order valence-electron chi connectivity index (χ2n) is 4.68. The molecule has 1 aromatic carbocycles. The molecule has 1 aliphatic carbocycles. The van der Waals surface area contributed by atoms with Crippen LogP contribution in [0.4, 0.5) is 0 Å². The van der Waals surface area contributed by atoms with Crippen molar-refractivity contribution in [2.75, 3.05) is 13.1 Å². The van der Waals surface area contributed by atoms with Crippen molar-refractivity contribution in [2.45, 2.75) is 31.7 Å². The van der Waals surface area contributed by atoms with Gasteiger partial charge < -0.3 is 5.11 Å². The van der Waals surface area contributed by atoms with Crippen molar-refractivity contribution in [3.05, 3.63) is 29.3 Å². The third-order valence-electron chi connectivity index (χ3n) is 3.75. The van der Waals surface area contributed by atoms with Crippen LogP contribution in [0.2, 0.25) is 0 Å². The zero-order chi connectivity index (χ0) is 10.3. The Kier molecular flexibility index (Phi) is 2.17. The van der Waals surface area contributed by atoms with E-state index in [-0.39, 0.29) is 0 Å². The molecule has 1 heterocycles. The first kappa shape index (κ1) is 9.22. The van der Waals surface area contributed by atoms with Crippen LogP contribution in [0.5, 0.6) is 5.75 Å². The first-order valence-corrected chi connectivity index (χ1v) is 5.90. The van der Waals surface area contributed by atoms with E-state index < -0.39 is 0 Å². The second kappa shape index (κ2) is 3.53. The van der Waals surface area contributed by atoms with Crippen molar-refractivity contribution in [3.63, 3.8) is 0 Å². The van der Waals surface area contributed by atoms with Crippen LogP contribution in [0.1, 0.15) is 36.4 Å². The number of hydrogen-bond acceptors (Lipinski definition) is 2. The molecule has 0 saturated carbocycles. The van der Waals surface area contributed by atoms with E-state index in [1.165, 1.54) is 43.5 Å². The van der Waals surface area contributed by atoms with Crippen LogP contribution in [0.25, 0.3) is 0 Å². The maximum absolute atomic E-state index is 9.43. The molecule has 3 rings (SSSR count). The fraction of sp³-hybridized carbons (Fsp3) is 0.538. The molecule has 1 aliphatic heterocycles. The fourth-order valence-corrected chi connectivity index (χ4v) is 3.01. The standard InChI is InChI=1S/C13H17NO/c15-11-4-5-12-10(9-11)3-6-13(12)14-7-1-2-8-14/h4-5,9,13,15H,1-3,6-8H2. The molecule has 1 atom stereocenters. The van der Waals surface area contributed by atoms with Crippen LogP contribution < -0.4 is 0 Å². The second-order valence-corrected chi connectivity index (χ2v) is 4.68. The summed E-state index contributed by atoms with van der Waals surface area (Å²) in [6, 6.07) is 6.50. The minimum Gasteiger partial charge on any atom is -0.508 e. The van der Waals surface area contributed by atoms with Crippen molar-refractivity contribution >= 4 is 0 Å². The third kappa shape index (κ3) is 1.53. The third-order valence-corrected chi connectivity index (χ3v) is 3.75. The Morgan fingerprint density at radius 3 is 2.80 bits per heavy atom. The molecule has 2 nitrogen and oxygen atoms in total. The van der Waals surface area contributed by atoms with E-state index in [0.29, 0.717) is 11.8 Å². The molecular weight excluding hydrogens is 186 g/mol. The molecule has 1 N–H and O–H groups in total. The van der Waals surface area contributed by atoms with E-state index in [9.17, 15) is 5.11 Å². The van der Waals surface area contributed by atoms with Crippen molar-refractivity contribution in [1.82, 2.24) is 4.90 Å². The molecule has 1 aromatic rings. The van der Waals surface area contributed by atoms with Crippen LogP contribution >= 0.6 is 0 Å². The average molecular weight is 203 g/mol. The van der Waals surface area contributed by atoms with Crippen LogP contribution in [-0.4, -0.2) is 23.1 Å². The largest absolute Gasteiger partial charge is 0.508 e. The lowest BCUT2D eigenvalue weighted by molar-refractivity contribution is 0.245. The Hall–Kier alpha value is -1.02. The SMILES string of the molecule is Oc1ccc2c(c1)CCC2N1CCCC1. The van der Waals surface area contributed by atoms with E-state index in [1.807, 2.05) is 12.1 Å². The van der Waals surface area contributed by atoms with E-state index in [1.54, 1.807) is 0 Å². The molecule has 1 fully saturated rings. The van der Waals surface area contributed by atoms with Gasteiger partial charge in [-0.3, -0.25) is 4.90 Å². The van der Waals surface area contributed by atoms with Gasteiger partial charge in [-0.05, 0) is 62.0 Å². The first-order valence-electron chi connectivity index (χ1n) is 5.90. The number of benzene rings is 1. The summed E-state index contributed by atoms with van der Waals surface area (Å²) in [5.41, 5.74) is 2.81. The monoisotopic (exact) mass is 203 g/mol. The lowest BCUT2D eigenvalue weighted by atomic mass is 10.1. The quantitative estimate of drug-likeness (QED) is 0.758. The van der Waals surface area contributed by atoms with E-state index >= 15 is 0 Å². The number of phenols is 1. The molecule has 1 unspecified atom stereocenters. The minimum absolute atomic E-state index is 0.413. The molecule has 1 saturated heterocycles. The molecule has 0 amide bonds. The van der Waals surface area contributed by atoms with Gasteiger partial charge in [0.15, 0.2) is 0 Å². The highest BCUT2D eigenvalue weighted by Gasteiger charge is 2.29. The summed E-state index contributed by atoms with van der Waals surface area (Å²) in [6.45, 7) is 2.51. The summed E-state index contributed by atoms with van der Waals surface area (Å²) < 4.78 is 0. The topological polar surface area (TPSA) is 23.5 Å². The Balaban J connectivity index is 1.90. The van der Waals surface area contributed by atoms with Crippen molar-refractivity contribution in [1.29, 1.82) is 0 Å². The Bertz CT molecular complexity index is 369. The number of hydrogen-bond donors (Lipinski definition) is 1. The van der Waals surface area contributed by atoms with Crippen LogP contribution in [-0.2, 0) is 6.42 Å². The number of likely N-dealkylation sites (tertiary alicyclic amines) is 1. The van der Waals surface area contributed by atoms with E-state index in [2.05, 4.69) is 11.0 Å². The lowest BCUT2D eigenvalue weighted by Gasteiger charge is -2.24. The Labute approximate surface area is 90.5 Å². The molecule has 0 radical (unpaired) electrons. The van der Waals surface area contributed by atoms with Gasteiger partial charge in [-0.25, -0.2) is 0 Å². The zero-order valence-corrected chi connectivity index (χ0v) is 8.95. The molecule has 2 aliphatic rings. The van der Waals surface area contributed by atoms with Gasteiger partial charge in [-0.2, -0.15) is 0 Å². The zero-order valence-electron chi connectivity index (χ0n) is 8.95. The van der Waals surface area contributed by atoms with Gasteiger partial charge in [0.1, 0.15) is 5.75 Å². The van der Waals surface area contributed by atoms with Gasteiger partial charge in [-0.15, -0.1) is 0 Å². The summed E-state index contributed by atoms with van der Waals surface area (Å²) in [6.07, 6.45) is 5.07. The van der Waals surface area contributed by atoms with Gasteiger partial charge in [0.2, 0.25) is 0 Å². The van der Waals surface area contributed by atoms with Crippen LogP contribution in [0.15, 0.2) is 18.2 Å². The van der Waals surface area contributed by atoms with E-state index in [4.69, 9.17) is 0 Å². The predicted molar refractivity (Wildman–Crippen MR) is 60.0 cm³/mol. The van der Waals surface area contributed by atoms with Crippen molar-refractivity contribution in [2.24, 2.45) is 0 Å². The van der Waals surface area contributed by atoms with Gasteiger partial charge in [0, 0.05) is 6.04 Å². The van der Waals surface area contributed by atoms with Crippen LogP contribution in [0, 0.1) is 0 Å². The smallest absolute Gasteiger partial charge is 0.115 e. The Morgan fingerprint density at radius 1 is 1.20 bits per heavy atom. The maximum atomic E-state index is 9.43. The number of phenolic OH excluding ortho intramolecular Hbond substituents is 1. The number of aryl methyl sites for hydroxylation is 1.